The Kier molecular flexibility index (Phi) is 6.74. The first-order valence-corrected chi connectivity index (χ1v) is 10.9. The Morgan fingerprint density at radius 3 is 2.78 bits per heavy atom. The summed E-state index contributed by atoms with van der Waals surface area (Å²) in [7, 11) is 3.55. The van der Waals surface area contributed by atoms with Crippen molar-refractivity contribution in [3.8, 4) is 23.1 Å². The topological polar surface area (TPSA) is 79.5 Å². The van der Waals surface area contributed by atoms with Crippen molar-refractivity contribution in [1.82, 2.24) is 14.8 Å². The molecule has 0 spiro atoms. The van der Waals surface area contributed by atoms with Crippen LogP contribution in [0.1, 0.15) is 22.3 Å². The van der Waals surface area contributed by atoms with Gasteiger partial charge in [-0.05, 0) is 37.2 Å². The number of aromatic nitrogens is 1. The van der Waals surface area contributed by atoms with Crippen LogP contribution in [-0.2, 0) is 11.8 Å². The van der Waals surface area contributed by atoms with Gasteiger partial charge in [-0.15, -0.1) is 0 Å². The Morgan fingerprint density at radius 2 is 2.03 bits per heavy atom. The number of rotatable bonds is 7. The Morgan fingerprint density at radius 1 is 1.22 bits per heavy atom. The monoisotopic (exact) mass is 432 g/mol. The molecular weight excluding hydrogens is 404 g/mol. The van der Waals surface area contributed by atoms with E-state index in [1.807, 2.05) is 48.0 Å². The quantitative estimate of drug-likeness (QED) is 0.580. The molecule has 166 valence electrons. The Labute approximate surface area is 188 Å². The number of carbonyl (C=O) groups excluding carboxylic acids is 1. The highest BCUT2D eigenvalue weighted by atomic mass is 16.5. The summed E-state index contributed by atoms with van der Waals surface area (Å²) in [6.07, 6.45) is 0.898. The third kappa shape index (κ3) is 4.47. The van der Waals surface area contributed by atoms with Gasteiger partial charge in [0.1, 0.15) is 11.8 Å². The van der Waals surface area contributed by atoms with Crippen molar-refractivity contribution in [2.45, 2.75) is 6.42 Å². The van der Waals surface area contributed by atoms with Crippen molar-refractivity contribution in [2.75, 3.05) is 46.5 Å². The van der Waals surface area contributed by atoms with E-state index in [9.17, 15) is 10.1 Å². The summed E-state index contributed by atoms with van der Waals surface area (Å²) >= 11 is 0. The largest absolute Gasteiger partial charge is 0.497 e. The summed E-state index contributed by atoms with van der Waals surface area (Å²) in [5, 5.41) is 13.7. The van der Waals surface area contributed by atoms with Gasteiger partial charge in [0, 0.05) is 49.3 Å². The van der Waals surface area contributed by atoms with Crippen LogP contribution in [0.4, 0.5) is 0 Å². The molecule has 0 radical (unpaired) electrons. The highest BCUT2D eigenvalue weighted by Gasteiger charge is 2.18. The maximum atomic E-state index is 12.7. The van der Waals surface area contributed by atoms with Gasteiger partial charge in [0.25, 0.3) is 5.91 Å². The second kappa shape index (κ2) is 9.86. The van der Waals surface area contributed by atoms with E-state index in [4.69, 9.17) is 9.47 Å². The van der Waals surface area contributed by atoms with Crippen molar-refractivity contribution < 1.29 is 14.3 Å². The van der Waals surface area contributed by atoms with Crippen LogP contribution in [0, 0.1) is 11.3 Å². The number of carbonyl (C=O) groups is 1. The normalized spacial score (nSPS) is 14.3. The van der Waals surface area contributed by atoms with Gasteiger partial charge in [-0.1, -0.05) is 12.1 Å². The molecule has 1 aliphatic rings. The molecule has 0 aliphatic carbocycles. The van der Waals surface area contributed by atoms with Crippen LogP contribution >= 0.6 is 0 Å². The van der Waals surface area contributed by atoms with Crippen LogP contribution in [0.15, 0.2) is 42.5 Å². The molecule has 1 N–H and O–H groups in total. The minimum absolute atomic E-state index is 0.104. The fourth-order valence-electron chi connectivity index (χ4n) is 4.23. The lowest BCUT2D eigenvalue weighted by atomic mass is 10.0. The molecule has 4 rings (SSSR count). The Balaban J connectivity index is 1.51. The van der Waals surface area contributed by atoms with Crippen LogP contribution in [0.2, 0.25) is 0 Å². The van der Waals surface area contributed by atoms with Crippen LogP contribution < -0.4 is 10.1 Å². The molecule has 2 aromatic carbocycles. The van der Waals surface area contributed by atoms with E-state index < -0.39 is 0 Å². The number of methoxy groups -OCH3 is 1. The van der Waals surface area contributed by atoms with E-state index in [1.165, 1.54) is 0 Å². The number of ether oxygens (including phenoxy) is 2. The minimum atomic E-state index is -0.104. The third-order valence-corrected chi connectivity index (χ3v) is 5.96. The highest BCUT2D eigenvalue weighted by molar-refractivity contribution is 5.98. The number of nitrogens with one attached hydrogen (secondary N) is 1. The van der Waals surface area contributed by atoms with Crippen molar-refractivity contribution in [3.05, 3.63) is 53.6 Å². The van der Waals surface area contributed by atoms with Crippen LogP contribution in [0.25, 0.3) is 22.2 Å². The number of amides is 1. The summed E-state index contributed by atoms with van der Waals surface area (Å²) in [6, 6.07) is 15.5. The Hall–Kier alpha value is -3.34. The van der Waals surface area contributed by atoms with Gasteiger partial charge in [-0.2, -0.15) is 5.26 Å². The second-order valence-corrected chi connectivity index (χ2v) is 7.92. The van der Waals surface area contributed by atoms with Crippen LogP contribution in [-0.4, -0.2) is 61.9 Å². The molecule has 3 aromatic rings. The summed E-state index contributed by atoms with van der Waals surface area (Å²) in [5.41, 5.74) is 3.71. The molecule has 1 saturated heterocycles. The fourth-order valence-corrected chi connectivity index (χ4v) is 4.23. The molecule has 7 heteroatoms. The molecule has 0 atom stereocenters. The minimum Gasteiger partial charge on any atom is -0.497 e. The molecule has 32 heavy (non-hydrogen) atoms. The number of nitrogens with zero attached hydrogens (tertiary/aromatic N) is 3. The standard InChI is InChI=1S/C25H28N4O3/c1-28-23-16-20(31-2)7-8-21(23)22(17-26)24(28)18-5-3-6-19(15-18)25(30)27-9-4-10-29-11-13-32-14-12-29/h3,5-8,15-16H,4,9-14H2,1-2H3,(H,27,30). The highest BCUT2D eigenvalue weighted by Crippen LogP contribution is 2.34. The van der Waals surface area contributed by atoms with E-state index in [0.717, 1.165) is 67.2 Å². The lowest BCUT2D eigenvalue weighted by Gasteiger charge is -2.26. The van der Waals surface area contributed by atoms with Crippen molar-refractivity contribution in [3.63, 3.8) is 0 Å². The predicted molar refractivity (Wildman–Crippen MR) is 124 cm³/mol. The number of morpholine rings is 1. The van der Waals surface area contributed by atoms with E-state index in [1.54, 1.807) is 13.2 Å². The second-order valence-electron chi connectivity index (χ2n) is 7.92. The van der Waals surface area contributed by atoms with Gasteiger partial charge in [-0.3, -0.25) is 9.69 Å². The average molecular weight is 433 g/mol. The number of hydrogen-bond donors (Lipinski definition) is 1. The number of aryl methyl sites for hydroxylation is 1. The predicted octanol–water partition coefficient (Wildman–Crippen LogP) is 3.18. The molecule has 1 aromatic heterocycles. The number of hydrogen-bond acceptors (Lipinski definition) is 5. The van der Waals surface area contributed by atoms with E-state index in [2.05, 4.69) is 16.3 Å². The maximum absolute atomic E-state index is 12.7. The van der Waals surface area contributed by atoms with Crippen LogP contribution in [0.5, 0.6) is 5.75 Å². The van der Waals surface area contributed by atoms with Crippen molar-refractivity contribution in [2.24, 2.45) is 7.05 Å². The summed E-state index contributed by atoms with van der Waals surface area (Å²) in [6.45, 7) is 5.05. The first-order valence-electron chi connectivity index (χ1n) is 10.9. The molecule has 0 bridgehead atoms. The van der Waals surface area contributed by atoms with E-state index in [-0.39, 0.29) is 5.91 Å². The summed E-state index contributed by atoms with van der Waals surface area (Å²) in [5.74, 6) is 0.632. The number of benzene rings is 2. The zero-order valence-electron chi connectivity index (χ0n) is 18.6. The van der Waals surface area contributed by atoms with Gasteiger partial charge in [0.05, 0.1) is 37.1 Å². The molecular formula is C25H28N4O3. The molecule has 1 aliphatic heterocycles. The number of fused-ring (bicyclic) bond motifs is 1. The number of nitriles is 1. The van der Waals surface area contributed by atoms with Crippen LogP contribution in [0.3, 0.4) is 0 Å². The molecule has 2 heterocycles. The van der Waals surface area contributed by atoms with Gasteiger partial charge < -0.3 is 19.4 Å². The van der Waals surface area contributed by atoms with Gasteiger partial charge in [0.15, 0.2) is 0 Å². The smallest absolute Gasteiger partial charge is 0.251 e. The first-order chi connectivity index (χ1) is 15.6. The molecule has 1 fully saturated rings. The zero-order chi connectivity index (χ0) is 22.5. The fraction of sp³-hybridized carbons (Fsp3) is 0.360. The van der Waals surface area contributed by atoms with Crippen molar-refractivity contribution >= 4 is 16.8 Å². The molecule has 0 saturated carbocycles. The lowest BCUT2D eigenvalue weighted by molar-refractivity contribution is 0.0374. The lowest BCUT2D eigenvalue weighted by Crippen LogP contribution is -2.38. The summed E-state index contributed by atoms with van der Waals surface area (Å²) in [4.78, 5) is 15.1. The Bertz CT molecular complexity index is 1160. The van der Waals surface area contributed by atoms with Gasteiger partial charge >= 0.3 is 0 Å². The SMILES string of the molecule is COc1ccc2c(C#N)c(-c3cccc(C(=O)NCCCN4CCOCC4)c3)n(C)c2c1. The summed E-state index contributed by atoms with van der Waals surface area (Å²) < 4.78 is 12.7. The van der Waals surface area contributed by atoms with Gasteiger partial charge in [0.2, 0.25) is 0 Å². The maximum Gasteiger partial charge on any atom is 0.251 e. The average Bonchev–Trinajstić information content (AvgIpc) is 3.13. The van der Waals surface area contributed by atoms with E-state index >= 15 is 0 Å². The third-order valence-electron chi connectivity index (χ3n) is 5.96. The molecule has 7 nitrogen and oxygen atoms in total. The molecule has 1 amide bonds. The zero-order valence-corrected chi connectivity index (χ0v) is 18.6. The first kappa shape index (κ1) is 21.9. The van der Waals surface area contributed by atoms with E-state index in [0.29, 0.717) is 17.7 Å². The molecule has 0 unspecified atom stereocenters. The van der Waals surface area contributed by atoms with Crippen molar-refractivity contribution in [1.29, 1.82) is 5.26 Å². The van der Waals surface area contributed by atoms with Gasteiger partial charge in [-0.25, -0.2) is 0 Å².